The van der Waals surface area contributed by atoms with E-state index in [9.17, 15) is 22.8 Å². The molecule has 1 aliphatic carbocycles. The number of carbonyl (C=O) groups is 2. The van der Waals surface area contributed by atoms with Crippen LogP contribution < -0.4 is 5.48 Å². The minimum absolute atomic E-state index is 0.245. The molecule has 8 nitrogen and oxygen atoms in total. The SMILES string of the molecule is CC1(C)CC(C(=O)NOC(=O)c2ncccc2C(F)(F)F)c2cnc3cc(Cl)nn3c21. The smallest absolute Gasteiger partial charge is 0.334 e. The highest BCUT2D eigenvalue weighted by Crippen LogP contribution is 2.45. The van der Waals surface area contributed by atoms with Crippen LogP contribution in [0.5, 0.6) is 0 Å². The van der Waals surface area contributed by atoms with Crippen LogP contribution >= 0.6 is 11.6 Å². The second kappa shape index (κ2) is 7.19. The molecule has 1 N–H and O–H groups in total. The van der Waals surface area contributed by atoms with E-state index in [1.165, 1.54) is 6.20 Å². The largest absolute Gasteiger partial charge is 0.418 e. The predicted molar refractivity (Wildman–Crippen MR) is 101 cm³/mol. The number of alkyl halides is 3. The number of amides is 1. The average Bonchev–Trinajstić information content (AvgIpc) is 3.21. The molecule has 3 heterocycles. The van der Waals surface area contributed by atoms with Gasteiger partial charge in [0.25, 0.3) is 5.91 Å². The number of hydrogen-bond donors (Lipinski definition) is 1. The number of pyridine rings is 1. The zero-order valence-electron chi connectivity index (χ0n) is 16.2. The molecular formula is C19H15ClF3N5O3. The van der Waals surface area contributed by atoms with E-state index in [4.69, 9.17) is 11.6 Å². The number of rotatable bonds is 2. The maximum atomic E-state index is 13.1. The molecule has 31 heavy (non-hydrogen) atoms. The number of nitrogens with one attached hydrogen (secondary N) is 1. The molecule has 3 aromatic heterocycles. The molecule has 1 amide bonds. The van der Waals surface area contributed by atoms with Gasteiger partial charge in [-0.1, -0.05) is 25.4 Å². The normalized spacial score (nSPS) is 17.4. The number of halogens is 4. The molecule has 1 atom stereocenters. The number of hydrogen-bond acceptors (Lipinski definition) is 6. The van der Waals surface area contributed by atoms with Crippen LogP contribution in [0.3, 0.4) is 0 Å². The van der Waals surface area contributed by atoms with Gasteiger partial charge in [-0.3, -0.25) is 4.79 Å². The van der Waals surface area contributed by atoms with Crippen molar-refractivity contribution in [1.82, 2.24) is 25.1 Å². The molecule has 162 valence electrons. The molecule has 1 aliphatic rings. The third-order valence-electron chi connectivity index (χ3n) is 5.08. The van der Waals surface area contributed by atoms with Crippen molar-refractivity contribution in [3.8, 4) is 0 Å². The molecule has 12 heteroatoms. The molecule has 0 aromatic carbocycles. The molecule has 1 unspecified atom stereocenters. The summed E-state index contributed by atoms with van der Waals surface area (Å²) in [6.07, 6.45) is -1.93. The summed E-state index contributed by atoms with van der Waals surface area (Å²) >= 11 is 5.97. The molecule has 0 aliphatic heterocycles. The van der Waals surface area contributed by atoms with E-state index in [1.54, 1.807) is 10.6 Å². The summed E-state index contributed by atoms with van der Waals surface area (Å²) in [6, 6.07) is 3.33. The van der Waals surface area contributed by atoms with Crippen LogP contribution in [0.25, 0.3) is 5.65 Å². The van der Waals surface area contributed by atoms with Crippen molar-refractivity contribution in [2.45, 2.75) is 37.8 Å². The standard InChI is InChI=1S/C19H15ClF3N5O3/c1-18(2)7-9(10-8-25-13-6-12(20)26-28(13)15(10)18)16(29)27-31-17(30)14-11(19(21,22)23)4-3-5-24-14/h3-6,8-9H,7H2,1-2H3,(H,27,29). The maximum Gasteiger partial charge on any atom is 0.418 e. The van der Waals surface area contributed by atoms with Crippen molar-refractivity contribution in [3.63, 3.8) is 0 Å². The van der Waals surface area contributed by atoms with Gasteiger partial charge in [0.15, 0.2) is 16.5 Å². The van der Waals surface area contributed by atoms with Gasteiger partial charge in [-0.05, 0) is 18.6 Å². The minimum Gasteiger partial charge on any atom is -0.334 e. The minimum atomic E-state index is -4.80. The van der Waals surface area contributed by atoms with E-state index in [-0.39, 0.29) is 5.15 Å². The second-order valence-electron chi connectivity index (χ2n) is 7.69. The zero-order chi connectivity index (χ0) is 22.6. The monoisotopic (exact) mass is 453 g/mol. The van der Waals surface area contributed by atoms with E-state index < -0.39 is 40.6 Å². The van der Waals surface area contributed by atoms with Gasteiger partial charge in [0.2, 0.25) is 0 Å². The third kappa shape index (κ3) is 3.69. The molecule has 3 aromatic rings. The average molecular weight is 454 g/mol. The van der Waals surface area contributed by atoms with E-state index in [0.29, 0.717) is 23.7 Å². The lowest BCUT2D eigenvalue weighted by molar-refractivity contribution is -0.138. The van der Waals surface area contributed by atoms with Crippen LogP contribution in [-0.4, -0.2) is 31.5 Å². The first-order chi connectivity index (χ1) is 14.5. The van der Waals surface area contributed by atoms with Crippen molar-refractivity contribution in [2.75, 3.05) is 0 Å². The van der Waals surface area contributed by atoms with Crippen molar-refractivity contribution >= 4 is 29.1 Å². The summed E-state index contributed by atoms with van der Waals surface area (Å²) < 4.78 is 40.8. The maximum absolute atomic E-state index is 13.1. The molecule has 0 radical (unpaired) electrons. The van der Waals surface area contributed by atoms with Gasteiger partial charge in [-0.15, -0.1) is 0 Å². The molecule has 0 saturated carbocycles. The highest BCUT2D eigenvalue weighted by molar-refractivity contribution is 6.29. The van der Waals surface area contributed by atoms with E-state index in [0.717, 1.165) is 18.0 Å². The summed E-state index contributed by atoms with van der Waals surface area (Å²) in [6.45, 7) is 3.81. The van der Waals surface area contributed by atoms with Crippen LogP contribution in [0.15, 0.2) is 30.6 Å². The Kier molecular flexibility index (Phi) is 4.88. The lowest BCUT2D eigenvalue weighted by atomic mass is 9.89. The number of nitrogens with zero attached hydrogens (tertiary/aromatic N) is 4. The van der Waals surface area contributed by atoms with Gasteiger partial charge in [0, 0.05) is 29.4 Å². The quantitative estimate of drug-likeness (QED) is 0.597. The van der Waals surface area contributed by atoms with Crippen LogP contribution in [0, 0.1) is 0 Å². The molecule has 4 rings (SSSR count). The first kappa shape index (κ1) is 21.0. The van der Waals surface area contributed by atoms with Crippen LogP contribution in [0.4, 0.5) is 13.2 Å². The lowest BCUT2D eigenvalue weighted by Crippen LogP contribution is -2.32. The van der Waals surface area contributed by atoms with Crippen molar-refractivity contribution < 1.29 is 27.6 Å². The zero-order valence-corrected chi connectivity index (χ0v) is 17.0. The summed E-state index contributed by atoms with van der Waals surface area (Å²) in [5.74, 6) is -2.89. The van der Waals surface area contributed by atoms with Gasteiger partial charge in [0.05, 0.1) is 17.2 Å². The van der Waals surface area contributed by atoms with Crippen LogP contribution in [-0.2, 0) is 21.2 Å². The van der Waals surface area contributed by atoms with E-state index in [2.05, 4.69) is 19.9 Å². The van der Waals surface area contributed by atoms with Gasteiger partial charge in [-0.25, -0.2) is 19.3 Å². The van der Waals surface area contributed by atoms with Gasteiger partial charge < -0.3 is 4.84 Å². The Morgan fingerprint density at radius 2 is 2.06 bits per heavy atom. The molecule has 0 fully saturated rings. The Bertz CT molecular complexity index is 1210. The Balaban J connectivity index is 1.56. The Morgan fingerprint density at radius 3 is 2.77 bits per heavy atom. The van der Waals surface area contributed by atoms with E-state index >= 15 is 0 Å². The summed E-state index contributed by atoms with van der Waals surface area (Å²) in [7, 11) is 0. The molecule has 0 saturated heterocycles. The molecule has 0 spiro atoms. The van der Waals surface area contributed by atoms with Crippen LogP contribution in [0.1, 0.15) is 53.5 Å². The van der Waals surface area contributed by atoms with Gasteiger partial charge in [0.1, 0.15) is 0 Å². The Hall–Kier alpha value is -3.21. The van der Waals surface area contributed by atoms with E-state index in [1.807, 2.05) is 19.3 Å². The lowest BCUT2D eigenvalue weighted by Gasteiger charge is -2.19. The Morgan fingerprint density at radius 1 is 1.32 bits per heavy atom. The fourth-order valence-corrected chi connectivity index (χ4v) is 3.99. The predicted octanol–water partition coefficient (Wildman–Crippen LogP) is 3.45. The first-order valence-corrected chi connectivity index (χ1v) is 9.45. The van der Waals surface area contributed by atoms with Crippen molar-refractivity contribution in [1.29, 1.82) is 0 Å². The van der Waals surface area contributed by atoms with Gasteiger partial charge in [-0.2, -0.15) is 23.8 Å². The van der Waals surface area contributed by atoms with Gasteiger partial charge >= 0.3 is 12.1 Å². The number of aromatic nitrogens is 4. The van der Waals surface area contributed by atoms with Crippen molar-refractivity contribution in [2.24, 2.45) is 0 Å². The van der Waals surface area contributed by atoms with Crippen molar-refractivity contribution in [3.05, 3.63) is 58.3 Å². The second-order valence-corrected chi connectivity index (χ2v) is 8.08. The fourth-order valence-electron chi connectivity index (χ4n) is 3.82. The van der Waals surface area contributed by atoms with Crippen LogP contribution in [0.2, 0.25) is 5.15 Å². The topological polar surface area (TPSA) is 98.5 Å². The summed E-state index contributed by atoms with van der Waals surface area (Å²) in [4.78, 5) is 37.2. The highest BCUT2D eigenvalue weighted by Gasteiger charge is 2.44. The summed E-state index contributed by atoms with van der Waals surface area (Å²) in [5, 5.41) is 4.45. The molecular weight excluding hydrogens is 439 g/mol. The summed E-state index contributed by atoms with van der Waals surface area (Å²) in [5.41, 5.74) is 1.04. The highest BCUT2D eigenvalue weighted by atomic mass is 35.5. The third-order valence-corrected chi connectivity index (χ3v) is 5.26. The fraction of sp³-hybridized carbons (Fsp3) is 0.316. The number of hydroxylamine groups is 1. The molecule has 0 bridgehead atoms. The number of carbonyl (C=O) groups excluding carboxylic acids is 2. The Labute approximate surface area is 178 Å². The number of fused-ring (bicyclic) bond motifs is 3. The first-order valence-electron chi connectivity index (χ1n) is 9.07.